The summed E-state index contributed by atoms with van der Waals surface area (Å²) in [5, 5.41) is 0. The van der Waals surface area contributed by atoms with E-state index in [1.807, 2.05) is 17.0 Å². The molecule has 28 heavy (non-hydrogen) atoms. The molecule has 150 valence electrons. The average molecular weight is 382 g/mol. The fourth-order valence-corrected chi connectivity index (χ4v) is 4.77. The molecule has 0 unspecified atom stereocenters. The smallest absolute Gasteiger partial charge is 0.222 e. The standard InChI is InChI=1S/C23H31N3O2/c1-3-26-12-11-23(10-9-22(26)27)18-25(14-13-24(23)2)17-19-6-4-7-20(16-19)21-8-5-15-28-21/h4-8,15-16H,3,9-14,17-18H2,1-2H3/t23-/m1/s1. The second kappa shape index (κ2) is 8.10. The number of piperazine rings is 1. The minimum absolute atomic E-state index is 0.108. The van der Waals surface area contributed by atoms with Crippen molar-refractivity contribution in [2.75, 3.05) is 39.8 Å². The van der Waals surface area contributed by atoms with Gasteiger partial charge in [-0.3, -0.25) is 14.6 Å². The van der Waals surface area contributed by atoms with Crippen LogP contribution in [-0.4, -0.2) is 65.9 Å². The van der Waals surface area contributed by atoms with Crippen LogP contribution < -0.4 is 0 Å². The summed E-state index contributed by atoms with van der Waals surface area (Å²) in [6, 6.07) is 12.6. The predicted octanol–water partition coefficient (Wildman–Crippen LogP) is 3.47. The first kappa shape index (κ1) is 19.2. The zero-order valence-electron chi connectivity index (χ0n) is 17.1. The third-order valence-electron chi connectivity index (χ3n) is 6.60. The van der Waals surface area contributed by atoms with Gasteiger partial charge in [-0.15, -0.1) is 0 Å². The molecule has 0 saturated carbocycles. The molecule has 1 aromatic heterocycles. The summed E-state index contributed by atoms with van der Waals surface area (Å²) in [6.07, 6.45) is 4.41. The van der Waals surface area contributed by atoms with Gasteiger partial charge in [-0.1, -0.05) is 18.2 Å². The maximum Gasteiger partial charge on any atom is 0.222 e. The van der Waals surface area contributed by atoms with Crippen molar-refractivity contribution in [1.29, 1.82) is 0 Å². The van der Waals surface area contributed by atoms with E-state index in [0.717, 1.165) is 63.4 Å². The summed E-state index contributed by atoms with van der Waals surface area (Å²) in [7, 11) is 2.24. The first-order chi connectivity index (χ1) is 13.6. The number of benzene rings is 1. The minimum Gasteiger partial charge on any atom is -0.464 e. The number of nitrogens with zero attached hydrogens (tertiary/aromatic N) is 3. The Morgan fingerprint density at radius 3 is 2.79 bits per heavy atom. The number of amides is 1. The van der Waals surface area contributed by atoms with Crippen molar-refractivity contribution in [2.24, 2.45) is 0 Å². The molecular formula is C23H31N3O2. The largest absolute Gasteiger partial charge is 0.464 e. The summed E-state index contributed by atoms with van der Waals surface area (Å²) in [6.45, 7) is 7.87. The van der Waals surface area contributed by atoms with E-state index in [0.29, 0.717) is 12.3 Å². The van der Waals surface area contributed by atoms with Gasteiger partial charge in [0.25, 0.3) is 0 Å². The van der Waals surface area contributed by atoms with Gasteiger partial charge in [0.2, 0.25) is 5.91 Å². The van der Waals surface area contributed by atoms with E-state index in [-0.39, 0.29) is 5.54 Å². The van der Waals surface area contributed by atoms with Crippen LogP contribution in [0.15, 0.2) is 47.1 Å². The highest BCUT2D eigenvalue weighted by Crippen LogP contribution is 2.33. The summed E-state index contributed by atoms with van der Waals surface area (Å²) in [4.78, 5) is 19.5. The van der Waals surface area contributed by atoms with Crippen LogP contribution in [0.1, 0.15) is 31.7 Å². The van der Waals surface area contributed by atoms with Gasteiger partial charge >= 0.3 is 0 Å². The summed E-state index contributed by atoms with van der Waals surface area (Å²) < 4.78 is 5.56. The van der Waals surface area contributed by atoms with Crippen molar-refractivity contribution >= 4 is 5.91 Å². The lowest BCUT2D eigenvalue weighted by Crippen LogP contribution is -2.60. The molecule has 1 atom stereocenters. The number of likely N-dealkylation sites (N-methyl/N-ethyl adjacent to an activating group) is 1. The van der Waals surface area contributed by atoms with Crippen LogP contribution >= 0.6 is 0 Å². The second-order valence-electron chi connectivity index (χ2n) is 8.26. The number of hydrogen-bond donors (Lipinski definition) is 0. The number of carbonyl (C=O) groups excluding carboxylic acids is 1. The molecular weight excluding hydrogens is 350 g/mol. The van der Waals surface area contributed by atoms with Crippen molar-refractivity contribution in [3.05, 3.63) is 48.2 Å². The Bertz CT molecular complexity index is 804. The molecule has 1 aromatic carbocycles. The van der Waals surface area contributed by atoms with Crippen molar-refractivity contribution in [2.45, 2.75) is 38.3 Å². The molecule has 5 nitrogen and oxygen atoms in total. The van der Waals surface area contributed by atoms with E-state index in [2.05, 4.69) is 48.0 Å². The monoisotopic (exact) mass is 381 g/mol. The van der Waals surface area contributed by atoms with Crippen LogP contribution in [0.4, 0.5) is 0 Å². The predicted molar refractivity (Wildman–Crippen MR) is 111 cm³/mol. The number of hydrogen-bond acceptors (Lipinski definition) is 4. The lowest BCUT2D eigenvalue weighted by molar-refractivity contribution is -0.130. The lowest BCUT2D eigenvalue weighted by atomic mass is 9.86. The van der Waals surface area contributed by atoms with Crippen molar-refractivity contribution in [3.63, 3.8) is 0 Å². The third kappa shape index (κ3) is 3.87. The van der Waals surface area contributed by atoms with Gasteiger partial charge in [0.15, 0.2) is 0 Å². The average Bonchev–Trinajstić information content (AvgIpc) is 3.19. The fourth-order valence-electron chi connectivity index (χ4n) is 4.77. The maximum absolute atomic E-state index is 12.4. The summed E-state index contributed by atoms with van der Waals surface area (Å²) in [5.74, 6) is 1.23. The molecule has 1 spiro atoms. The quantitative estimate of drug-likeness (QED) is 0.813. The number of furan rings is 1. The van der Waals surface area contributed by atoms with E-state index in [4.69, 9.17) is 4.42 Å². The van der Waals surface area contributed by atoms with Crippen LogP contribution in [-0.2, 0) is 11.3 Å². The maximum atomic E-state index is 12.4. The molecule has 1 amide bonds. The highest BCUT2D eigenvalue weighted by Gasteiger charge is 2.41. The van der Waals surface area contributed by atoms with Crippen molar-refractivity contribution < 1.29 is 9.21 Å². The molecule has 4 rings (SSSR count). The van der Waals surface area contributed by atoms with Gasteiger partial charge in [0.1, 0.15) is 5.76 Å². The molecule has 0 bridgehead atoms. The molecule has 2 aliphatic heterocycles. The zero-order chi connectivity index (χ0) is 19.6. The van der Waals surface area contributed by atoms with Crippen LogP contribution in [0, 0.1) is 0 Å². The van der Waals surface area contributed by atoms with Gasteiger partial charge in [-0.25, -0.2) is 0 Å². The lowest BCUT2D eigenvalue weighted by Gasteiger charge is -2.49. The van der Waals surface area contributed by atoms with Gasteiger partial charge in [0, 0.05) is 56.8 Å². The Kier molecular flexibility index (Phi) is 5.56. The van der Waals surface area contributed by atoms with Crippen LogP contribution in [0.5, 0.6) is 0 Å². The first-order valence-electron chi connectivity index (χ1n) is 10.4. The Morgan fingerprint density at radius 2 is 2.00 bits per heavy atom. The Morgan fingerprint density at radius 1 is 1.11 bits per heavy atom. The van der Waals surface area contributed by atoms with Crippen molar-refractivity contribution in [3.8, 4) is 11.3 Å². The van der Waals surface area contributed by atoms with Crippen LogP contribution in [0.2, 0.25) is 0 Å². The molecule has 2 fully saturated rings. The van der Waals surface area contributed by atoms with Crippen LogP contribution in [0.25, 0.3) is 11.3 Å². The number of rotatable bonds is 4. The minimum atomic E-state index is 0.108. The highest BCUT2D eigenvalue weighted by molar-refractivity contribution is 5.76. The summed E-state index contributed by atoms with van der Waals surface area (Å²) >= 11 is 0. The first-order valence-corrected chi connectivity index (χ1v) is 10.4. The molecule has 2 saturated heterocycles. The normalized spacial score (nSPS) is 24.6. The number of carbonyl (C=O) groups is 1. The number of likely N-dealkylation sites (tertiary alicyclic amines) is 1. The second-order valence-corrected chi connectivity index (χ2v) is 8.26. The molecule has 5 heteroatoms. The Labute approximate surface area is 167 Å². The fraction of sp³-hybridized carbons (Fsp3) is 0.522. The van der Waals surface area contributed by atoms with Gasteiger partial charge in [-0.2, -0.15) is 0 Å². The van der Waals surface area contributed by atoms with E-state index in [9.17, 15) is 4.79 Å². The SMILES string of the molecule is CCN1CC[C@]2(CCC1=O)CN(Cc1cccc(-c3ccco3)c1)CCN2C. The van der Waals surface area contributed by atoms with Crippen LogP contribution in [0.3, 0.4) is 0 Å². The van der Waals surface area contributed by atoms with E-state index < -0.39 is 0 Å². The highest BCUT2D eigenvalue weighted by atomic mass is 16.3. The topological polar surface area (TPSA) is 39.9 Å². The third-order valence-corrected chi connectivity index (χ3v) is 6.60. The van der Waals surface area contributed by atoms with E-state index in [1.54, 1.807) is 6.26 Å². The molecule has 3 heterocycles. The Hall–Kier alpha value is -2.11. The molecule has 0 radical (unpaired) electrons. The molecule has 0 N–H and O–H groups in total. The molecule has 2 aromatic rings. The van der Waals surface area contributed by atoms with E-state index in [1.165, 1.54) is 5.56 Å². The van der Waals surface area contributed by atoms with Gasteiger partial charge in [-0.05, 0) is 50.6 Å². The molecule has 0 aliphatic carbocycles. The summed E-state index contributed by atoms with van der Waals surface area (Å²) in [5.41, 5.74) is 2.55. The van der Waals surface area contributed by atoms with Gasteiger partial charge < -0.3 is 9.32 Å². The zero-order valence-corrected chi connectivity index (χ0v) is 17.1. The van der Waals surface area contributed by atoms with Gasteiger partial charge in [0.05, 0.1) is 6.26 Å². The Balaban J connectivity index is 1.48. The van der Waals surface area contributed by atoms with E-state index >= 15 is 0 Å². The van der Waals surface area contributed by atoms with Crippen molar-refractivity contribution in [1.82, 2.24) is 14.7 Å². The molecule has 2 aliphatic rings.